The first-order valence-corrected chi connectivity index (χ1v) is 14.1. The van der Waals surface area contributed by atoms with Crippen LogP contribution in [-0.4, -0.2) is 50.1 Å². The van der Waals surface area contributed by atoms with E-state index in [-0.39, 0.29) is 36.9 Å². The molecule has 0 aromatic carbocycles. The van der Waals surface area contributed by atoms with Gasteiger partial charge in [0, 0.05) is 13.0 Å². The van der Waals surface area contributed by atoms with Crippen LogP contribution in [0.2, 0.25) is 0 Å². The molecule has 0 spiro atoms. The second-order valence-electron chi connectivity index (χ2n) is 11.1. The normalized spacial score (nSPS) is 26.0. The quantitative estimate of drug-likeness (QED) is 0.166. The Balaban J connectivity index is 1.87. The third-order valence-electron chi connectivity index (χ3n) is 8.49. The Hall–Kier alpha value is -1.66. The zero-order valence-electron chi connectivity index (χ0n) is 23.0. The van der Waals surface area contributed by atoms with Gasteiger partial charge < -0.3 is 19.3 Å². The first-order valence-electron chi connectivity index (χ1n) is 14.1. The number of hydrogen-bond acceptors (Lipinski definition) is 6. The number of unbranched alkanes of at least 4 members (excludes halogenated alkanes) is 2. The number of carbonyl (C=O) groups excluding carboxylic acids is 2. The molecule has 2 atom stereocenters. The first kappa shape index (κ1) is 30.6. The number of ether oxygens (including phenoxy) is 3. The monoisotopic (exact) mass is 506 g/mol. The van der Waals surface area contributed by atoms with Crippen molar-refractivity contribution in [2.75, 3.05) is 26.9 Å². The van der Waals surface area contributed by atoms with E-state index in [1.165, 1.54) is 78.2 Å². The summed E-state index contributed by atoms with van der Waals surface area (Å²) in [5, 5.41) is 9.62. The predicted octanol–water partition coefficient (Wildman–Crippen LogP) is 6.02. The van der Waals surface area contributed by atoms with Gasteiger partial charge in [0.2, 0.25) is 0 Å². The van der Waals surface area contributed by atoms with Crippen molar-refractivity contribution in [3.63, 3.8) is 0 Å². The van der Waals surface area contributed by atoms with Crippen LogP contribution >= 0.6 is 0 Å². The second kappa shape index (κ2) is 16.2. The number of aliphatic hydroxyl groups excluding tert-OH is 1. The molecule has 0 aliphatic heterocycles. The molecule has 2 aliphatic rings. The van der Waals surface area contributed by atoms with Crippen molar-refractivity contribution in [3.8, 4) is 0 Å². The number of methoxy groups -OCH3 is 1. The maximum absolute atomic E-state index is 12.3. The standard InChI is InChI=1S/C30H50O6/c1-6-7-8-9-24-10-12-25(13-11-24)26-14-16-27(17-15-26)28(19-35-29(32)21(2)18-34-5)20-36-30(33)22(3)23(4)31/h23-28,31H,2-3,6-20H2,1,4-5H3. The number of rotatable bonds is 15. The number of aliphatic hydroxyl groups is 1. The fourth-order valence-electron chi connectivity index (χ4n) is 6.00. The summed E-state index contributed by atoms with van der Waals surface area (Å²) in [6.07, 6.45) is 14.5. The highest BCUT2D eigenvalue weighted by molar-refractivity contribution is 5.88. The van der Waals surface area contributed by atoms with E-state index in [4.69, 9.17) is 14.2 Å². The van der Waals surface area contributed by atoms with Gasteiger partial charge in [-0.15, -0.1) is 0 Å². The lowest BCUT2D eigenvalue weighted by Crippen LogP contribution is -2.33. The molecule has 1 N–H and O–H groups in total. The average Bonchev–Trinajstić information content (AvgIpc) is 2.88. The van der Waals surface area contributed by atoms with Crippen molar-refractivity contribution < 1.29 is 28.9 Å². The van der Waals surface area contributed by atoms with E-state index in [9.17, 15) is 14.7 Å². The molecule has 6 heteroatoms. The SMILES string of the molecule is C=C(COC)C(=O)OCC(COC(=O)C(=C)C(C)O)C1CCC(C2CCC(CCCCC)CC2)CC1. The Bertz CT molecular complexity index is 698. The maximum Gasteiger partial charge on any atom is 0.336 e. The lowest BCUT2D eigenvalue weighted by Gasteiger charge is -2.39. The molecular weight excluding hydrogens is 456 g/mol. The summed E-state index contributed by atoms with van der Waals surface area (Å²) in [7, 11) is 1.51. The van der Waals surface area contributed by atoms with E-state index in [0.29, 0.717) is 5.92 Å². The largest absolute Gasteiger partial charge is 0.462 e. The molecule has 0 aromatic heterocycles. The zero-order chi connectivity index (χ0) is 26.5. The van der Waals surface area contributed by atoms with Crippen LogP contribution in [0.25, 0.3) is 0 Å². The van der Waals surface area contributed by atoms with Gasteiger partial charge in [0.25, 0.3) is 0 Å². The average molecular weight is 507 g/mol. The molecular formula is C30H50O6. The molecule has 0 radical (unpaired) electrons. The Morgan fingerprint density at radius 2 is 1.44 bits per heavy atom. The Morgan fingerprint density at radius 3 is 1.97 bits per heavy atom. The fraction of sp³-hybridized carbons (Fsp3) is 0.800. The molecule has 0 bridgehead atoms. The van der Waals surface area contributed by atoms with E-state index < -0.39 is 18.0 Å². The summed E-state index contributed by atoms with van der Waals surface area (Å²) in [5.74, 6) is 1.70. The van der Waals surface area contributed by atoms with Gasteiger partial charge in [-0.05, 0) is 69.1 Å². The van der Waals surface area contributed by atoms with E-state index in [0.717, 1.165) is 30.6 Å². The van der Waals surface area contributed by atoms with Crippen LogP contribution in [0.5, 0.6) is 0 Å². The highest BCUT2D eigenvalue weighted by atomic mass is 16.5. The fourth-order valence-corrected chi connectivity index (χ4v) is 6.00. The Morgan fingerprint density at radius 1 is 0.889 bits per heavy atom. The molecule has 2 fully saturated rings. The van der Waals surface area contributed by atoms with Crippen molar-refractivity contribution >= 4 is 11.9 Å². The van der Waals surface area contributed by atoms with Gasteiger partial charge in [-0.2, -0.15) is 0 Å². The molecule has 2 aliphatic carbocycles. The van der Waals surface area contributed by atoms with Gasteiger partial charge >= 0.3 is 11.9 Å². The molecule has 0 amide bonds. The van der Waals surface area contributed by atoms with Crippen LogP contribution < -0.4 is 0 Å². The summed E-state index contributed by atoms with van der Waals surface area (Å²) < 4.78 is 16.0. The minimum atomic E-state index is -0.955. The number of hydrogen-bond donors (Lipinski definition) is 1. The van der Waals surface area contributed by atoms with Gasteiger partial charge in [-0.25, -0.2) is 9.59 Å². The van der Waals surface area contributed by atoms with Crippen molar-refractivity contribution in [1.29, 1.82) is 0 Å². The van der Waals surface area contributed by atoms with Crippen molar-refractivity contribution in [2.45, 2.75) is 97.0 Å². The van der Waals surface area contributed by atoms with Crippen LogP contribution in [0.3, 0.4) is 0 Å². The van der Waals surface area contributed by atoms with Gasteiger partial charge in [0.05, 0.1) is 37.1 Å². The predicted molar refractivity (Wildman–Crippen MR) is 142 cm³/mol. The minimum Gasteiger partial charge on any atom is -0.462 e. The summed E-state index contributed by atoms with van der Waals surface area (Å²) in [6, 6.07) is 0. The van der Waals surface area contributed by atoms with Crippen LogP contribution in [0, 0.1) is 29.6 Å². The molecule has 36 heavy (non-hydrogen) atoms. The smallest absolute Gasteiger partial charge is 0.336 e. The van der Waals surface area contributed by atoms with Crippen LogP contribution in [0.15, 0.2) is 24.3 Å². The molecule has 2 rings (SSSR count). The summed E-state index contributed by atoms with van der Waals surface area (Å²) in [5.41, 5.74) is 0.304. The van der Waals surface area contributed by atoms with Crippen LogP contribution in [0.1, 0.15) is 90.9 Å². The summed E-state index contributed by atoms with van der Waals surface area (Å²) in [4.78, 5) is 24.5. The molecule has 206 valence electrons. The van der Waals surface area contributed by atoms with Crippen molar-refractivity contribution in [2.24, 2.45) is 29.6 Å². The second-order valence-corrected chi connectivity index (χ2v) is 11.1. The lowest BCUT2D eigenvalue weighted by atomic mass is 9.67. The first-order chi connectivity index (χ1) is 17.3. The van der Waals surface area contributed by atoms with E-state index in [1.54, 1.807) is 0 Å². The van der Waals surface area contributed by atoms with Gasteiger partial charge in [0.1, 0.15) is 0 Å². The van der Waals surface area contributed by atoms with Gasteiger partial charge in [-0.1, -0.05) is 58.6 Å². The minimum absolute atomic E-state index is 0.0354. The molecule has 0 saturated heterocycles. The molecule has 0 heterocycles. The third-order valence-corrected chi connectivity index (χ3v) is 8.49. The molecule has 2 saturated carbocycles. The summed E-state index contributed by atoms with van der Waals surface area (Å²) in [6.45, 7) is 11.5. The molecule has 0 aromatic rings. The van der Waals surface area contributed by atoms with Gasteiger partial charge in [0.15, 0.2) is 0 Å². The van der Waals surface area contributed by atoms with Crippen LogP contribution in [0.4, 0.5) is 0 Å². The maximum atomic E-state index is 12.3. The van der Waals surface area contributed by atoms with E-state index >= 15 is 0 Å². The van der Waals surface area contributed by atoms with Crippen molar-refractivity contribution in [1.82, 2.24) is 0 Å². The van der Waals surface area contributed by atoms with Crippen molar-refractivity contribution in [3.05, 3.63) is 24.3 Å². The number of carbonyl (C=O) groups is 2. The topological polar surface area (TPSA) is 82.1 Å². The third kappa shape index (κ3) is 10.0. The Kier molecular flexibility index (Phi) is 13.8. The highest BCUT2D eigenvalue weighted by Crippen LogP contribution is 2.43. The molecule has 6 nitrogen and oxygen atoms in total. The van der Waals surface area contributed by atoms with E-state index in [2.05, 4.69) is 20.1 Å². The summed E-state index contributed by atoms with van der Waals surface area (Å²) >= 11 is 0. The van der Waals surface area contributed by atoms with Crippen LogP contribution in [-0.2, 0) is 23.8 Å². The highest BCUT2D eigenvalue weighted by Gasteiger charge is 2.34. The number of esters is 2. The Labute approximate surface area is 218 Å². The van der Waals surface area contributed by atoms with E-state index in [1.807, 2.05) is 0 Å². The zero-order valence-corrected chi connectivity index (χ0v) is 23.0. The molecule has 2 unspecified atom stereocenters. The lowest BCUT2D eigenvalue weighted by molar-refractivity contribution is -0.146. The van der Waals surface area contributed by atoms with Gasteiger partial charge in [-0.3, -0.25) is 0 Å².